The first-order chi connectivity index (χ1) is 17.0. The summed E-state index contributed by atoms with van der Waals surface area (Å²) >= 11 is 0. The van der Waals surface area contributed by atoms with Crippen LogP contribution in [0.25, 0.3) is 10.9 Å². The van der Waals surface area contributed by atoms with Gasteiger partial charge < -0.3 is 14.2 Å². The minimum Gasteiger partial charge on any atom is -0.385 e. The highest BCUT2D eigenvalue weighted by atomic mass is 16.5. The molecule has 35 heavy (non-hydrogen) atoms. The second kappa shape index (κ2) is 9.79. The number of pyridine rings is 1. The van der Waals surface area contributed by atoms with Gasteiger partial charge in [-0.25, -0.2) is 4.79 Å². The van der Waals surface area contributed by atoms with Gasteiger partial charge >= 0.3 is 6.03 Å². The average Bonchev–Trinajstić information content (AvgIpc) is 3.29. The standard InChI is InChI=1S/C27H33N5O3/c1-29-18-21(23-9-3-4-10-24(23)29)19-30-15-11-27(12-16-30)25(33)31(20-22-8-5-6-13-28-22)26(34)32(27)14-7-17-35-2/h3-6,8-10,13,18H,7,11-12,14-17,19-20H2,1-2H3. The Morgan fingerprint density at radius 1 is 1.03 bits per heavy atom. The Kier molecular flexibility index (Phi) is 6.58. The van der Waals surface area contributed by atoms with Crippen molar-refractivity contribution in [2.75, 3.05) is 33.4 Å². The SMILES string of the molecule is COCCCN1C(=O)N(Cc2ccccn2)C(=O)C12CCN(Cc1cn(C)c3ccccc13)CC2. The fourth-order valence-corrected chi connectivity index (χ4v) is 5.61. The number of aryl methyl sites for hydroxylation is 1. The molecule has 0 unspecified atom stereocenters. The van der Waals surface area contributed by atoms with Gasteiger partial charge in [0.25, 0.3) is 5.91 Å². The maximum Gasteiger partial charge on any atom is 0.328 e. The van der Waals surface area contributed by atoms with E-state index in [0.717, 1.165) is 25.3 Å². The maximum absolute atomic E-state index is 13.8. The molecule has 8 nitrogen and oxygen atoms in total. The fourth-order valence-electron chi connectivity index (χ4n) is 5.61. The van der Waals surface area contributed by atoms with Crippen molar-refractivity contribution in [1.82, 2.24) is 24.3 Å². The summed E-state index contributed by atoms with van der Waals surface area (Å²) in [6.07, 6.45) is 5.86. The zero-order valence-corrected chi connectivity index (χ0v) is 20.5. The number of carbonyl (C=O) groups excluding carboxylic acids is 2. The van der Waals surface area contributed by atoms with Gasteiger partial charge in [-0.1, -0.05) is 24.3 Å². The molecule has 2 aliphatic rings. The van der Waals surface area contributed by atoms with E-state index in [-0.39, 0.29) is 18.5 Å². The van der Waals surface area contributed by atoms with Gasteiger partial charge in [0.05, 0.1) is 12.2 Å². The fraction of sp³-hybridized carbons (Fsp3) is 0.444. The summed E-state index contributed by atoms with van der Waals surface area (Å²) in [5, 5.41) is 1.27. The predicted molar refractivity (Wildman–Crippen MR) is 134 cm³/mol. The normalized spacial score (nSPS) is 18.3. The molecule has 184 valence electrons. The van der Waals surface area contributed by atoms with Crippen molar-refractivity contribution in [1.29, 1.82) is 0 Å². The van der Waals surface area contributed by atoms with Crippen LogP contribution in [0.2, 0.25) is 0 Å². The number of ether oxygens (including phenoxy) is 1. The first-order valence-corrected chi connectivity index (χ1v) is 12.3. The van der Waals surface area contributed by atoms with E-state index in [1.807, 2.05) is 23.1 Å². The molecule has 2 aromatic heterocycles. The van der Waals surface area contributed by atoms with E-state index < -0.39 is 5.54 Å². The van der Waals surface area contributed by atoms with E-state index in [1.54, 1.807) is 13.3 Å². The lowest BCUT2D eigenvalue weighted by molar-refractivity contribution is -0.136. The van der Waals surface area contributed by atoms with Crippen molar-refractivity contribution in [3.63, 3.8) is 0 Å². The number of para-hydroxylation sites is 1. The van der Waals surface area contributed by atoms with Gasteiger partial charge in [-0.05, 0) is 43.0 Å². The van der Waals surface area contributed by atoms with Gasteiger partial charge in [0, 0.05) is 70.2 Å². The number of hydrogen-bond donors (Lipinski definition) is 0. The summed E-state index contributed by atoms with van der Waals surface area (Å²) < 4.78 is 7.39. The Bertz CT molecular complexity index is 1200. The molecular formula is C27H33N5O3. The third-order valence-electron chi connectivity index (χ3n) is 7.45. The van der Waals surface area contributed by atoms with Gasteiger partial charge in [0.1, 0.15) is 5.54 Å². The number of benzene rings is 1. The van der Waals surface area contributed by atoms with Crippen molar-refractivity contribution in [2.24, 2.45) is 7.05 Å². The molecule has 0 N–H and O–H groups in total. The number of fused-ring (bicyclic) bond motifs is 1. The number of nitrogens with zero attached hydrogens (tertiary/aromatic N) is 5. The molecule has 0 bridgehead atoms. The number of likely N-dealkylation sites (tertiary alicyclic amines) is 1. The number of piperidine rings is 1. The van der Waals surface area contributed by atoms with Gasteiger partial charge in [-0.2, -0.15) is 0 Å². The second-order valence-corrected chi connectivity index (χ2v) is 9.58. The number of amides is 3. The minimum absolute atomic E-state index is 0.0876. The van der Waals surface area contributed by atoms with Crippen LogP contribution in [0.3, 0.4) is 0 Å². The largest absolute Gasteiger partial charge is 0.385 e. The molecule has 0 atom stereocenters. The first kappa shape index (κ1) is 23.5. The second-order valence-electron chi connectivity index (χ2n) is 9.58. The van der Waals surface area contributed by atoms with E-state index >= 15 is 0 Å². The summed E-state index contributed by atoms with van der Waals surface area (Å²) in [6, 6.07) is 13.8. The van der Waals surface area contributed by atoms with Crippen LogP contribution < -0.4 is 0 Å². The quantitative estimate of drug-likeness (QED) is 0.369. The number of carbonyl (C=O) groups is 2. The smallest absolute Gasteiger partial charge is 0.328 e. The average molecular weight is 476 g/mol. The van der Waals surface area contributed by atoms with Crippen LogP contribution in [0.4, 0.5) is 4.79 Å². The van der Waals surface area contributed by atoms with Crippen molar-refractivity contribution in [3.05, 3.63) is 66.1 Å². The molecule has 3 amide bonds. The molecule has 4 heterocycles. The highest BCUT2D eigenvalue weighted by Gasteiger charge is 2.57. The predicted octanol–water partition coefficient (Wildman–Crippen LogP) is 3.41. The molecule has 8 heteroatoms. The van der Waals surface area contributed by atoms with Crippen molar-refractivity contribution < 1.29 is 14.3 Å². The number of hydrogen-bond acceptors (Lipinski definition) is 5. The Balaban J connectivity index is 1.34. The lowest BCUT2D eigenvalue weighted by atomic mass is 9.85. The van der Waals surface area contributed by atoms with Crippen molar-refractivity contribution in [2.45, 2.75) is 37.9 Å². The Hall–Kier alpha value is -3.23. The number of aromatic nitrogens is 2. The van der Waals surface area contributed by atoms with E-state index in [1.165, 1.54) is 21.4 Å². The molecule has 2 aliphatic heterocycles. The third-order valence-corrected chi connectivity index (χ3v) is 7.45. The minimum atomic E-state index is -0.783. The van der Waals surface area contributed by atoms with E-state index in [2.05, 4.69) is 52.0 Å². The molecule has 2 saturated heterocycles. The topological polar surface area (TPSA) is 70.9 Å². The lowest BCUT2D eigenvalue weighted by Gasteiger charge is -2.42. The van der Waals surface area contributed by atoms with Crippen LogP contribution in [0.5, 0.6) is 0 Å². The van der Waals surface area contributed by atoms with Gasteiger partial charge in [0.2, 0.25) is 0 Å². The van der Waals surface area contributed by atoms with Gasteiger partial charge in [-0.3, -0.25) is 19.6 Å². The molecule has 3 aromatic rings. The Morgan fingerprint density at radius 2 is 1.80 bits per heavy atom. The summed E-state index contributed by atoms with van der Waals surface area (Å²) in [6.45, 7) is 3.64. The van der Waals surface area contributed by atoms with Gasteiger partial charge in [-0.15, -0.1) is 0 Å². The number of imide groups is 1. The molecule has 1 aromatic carbocycles. The molecule has 5 rings (SSSR count). The Morgan fingerprint density at radius 3 is 2.54 bits per heavy atom. The highest BCUT2D eigenvalue weighted by Crippen LogP contribution is 2.38. The van der Waals surface area contributed by atoms with Crippen molar-refractivity contribution in [3.8, 4) is 0 Å². The molecule has 0 radical (unpaired) electrons. The van der Waals surface area contributed by atoms with Crippen LogP contribution >= 0.6 is 0 Å². The molecule has 2 fully saturated rings. The number of urea groups is 1. The Labute approximate surface area is 206 Å². The molecule has 0 aliphatic carbocycles. The van der Waals surface area contributed by atoms with E-state index in [0.29, 0.717) is 32.4 Å². The first-order valence-electron chi connectivity index (χ1n) is 12.3. The van der Waals surface area contributed by atoms with Crippen LogP contribution in [-0.2, 0) is 29.7 Å². The third kappa shape index (κ3) is 4.32. The van der Waals surface area contributed by atoms with Gasteiger partial charge in [0.15, 0.2) is 0 Å². The zero-order valence-electron chi connectivity index (χ0n) is 20.5. The lowest BCUT2D eigenvalue weighted by Crippen LogP contribution is -2.56. The van der Waals surface area contributed by atoms with Crippen LogP contribution in [0, 0.1) is 0 Å². The summed E-state index contributed by atoms with van der Waals surface area (Å²) in [4.78, 5) is 37.2. The zero-order chi connectivity index (χ0) is 24.4. The number of methoxy groups -OCH3 is 1. The summed E-state index contributed by atoms with van der Waals surface area (Å²) in [5.41, 5.74) is 2.45. The van der Waals surface area contributed by atoms with E-state index in [4.69, 9.17) is 4.74 Å². The maximum atomic E-state index is 13.8. The molecule has 1 spiro atoms. The number of rotatable bonds is 8. The molecular weight excluding hydrogens is 442 g/mol. The van der Waals surface area contributed by atoms with Crippen LogP contribution in [-0.4, -0.2) is 75.1 Å². The van der Waals surface area contributed by atoms with Crippen molar-refractivity contribution >= 4 is 22.8 Å². The van der Waals surface area contributed by atoms with Crippen LogP contribution in [0.1, 0.15) is 30.5 Å². The molecule has 0 saturated carbocycles. The summed E-state index contributed by atoms with van der Waals surface area (Å²) in [5.74, 6) is -0.0876. The highest BCUT2D eigenvalue weighted by molar-refractivity contribution is 6.07. The summed E-state index contributed by atoms with van der Waals surface area (Å²) in [7, 11) is 3.74. The van der Waals surface area contributed by atoms with Crippen LogP contribution in [0.15, 0.2) is 54.9 Å². The van der Waals surface area contributed by atoms with E-state index in [9.17, 15) is 9.59 Å². The monoisotopic (exact) mass is 475 g/mol.